The van der Waals surface area contributed by atoms with Gasteiger partial charge in [-0.25, -0.2) is 4.98 Å². The maximum absolute atomic E-state index is 5.03. The molecule has 1 aliphatic rings. The lowest BCUT2D eigenvalue weighted by Crippen LogP contribution is -2.29. The molecule has 0 amide bonds. The highest BCUT2D eigenvalue weighted by Crippen LogP contribution is 2.34. The zero-order valence-corrected chi connectivity index (χ0v) is 21.6. The van der Waals surface area contributed by atoms with Crippen molar-refractivity contribution in [3.63, 3.8) is 0 Å². The molecular formula is C32H29N7. The molecule has 7 heteroatoms. The average molecular weight is 512 g/mol. The van der Waals surface area contributed by atoms with Crippen LogP contribution < -0.4 is 10.2 Å². The van der Waals surface area contributed by atoms with Gasteiger partial charge >= 0.3 is 0 Å². The van der Waals surface area contributed by atoms with Crippen molar-refractivity contribution < 1.29 is 0 Å². The SMILES string of the molecule is C=C(Nc1cncc(-c2ccc3[nH]nc(-c4cc5c(N6CCCCC6)cccc5[nH]4)c3n2)c1)c1ccccc1. The molecule has 0 atom stereocenters. The van der Waals surface area contributed by atoms with Gasteiger partial charge < -0.3 is 15.2 Å². The van der Waals surface area contributed by atoms with Crippen molar-refractivity contribution >= 4 is 39.0 Å². The summed E-state index contributed by atoms with van der Waals surface area (Å²) in [4.78, 5) is 15.6. The number of hydrogen-bond acceptors (Lipinski definition) is 5. The fourth-order valence-corrected chi connectivity index (χ4v) is 5.46. The first-order valence-corrected chi connectivity index (χ1v) is 13.4. The minimum absolute atomic E-state index is 0.812. The number of rotatable bonds is 6. The van der Waals surface area contributed by atoms with E-state index >= 15 is 0 Å². The molecule has 192 valence electrons. The van der Waals surface area contributed by atoms with Crippen LogP contribution in [-0.4, -0.2) is 38.2 Å². The Morgan fingerprint density at radius 1 is 0.872 bits per heavy atom. The Bertz CT molecular complexity index is 1790. The van der Waals surface area contributed by atoms with Gasteiger partial charge in [-0.15, -0.1) is 0 Å². The summed E-state index contributed by atoms with van der Waals surface area (Å²) in [5.74, 6) is 0. The summed E-state index contributed by atoms with van der Waals surface area (Å²) in [6.45, 7) is 6.40. The first kappa shape index (κ1) is 23.2. The van der Waals surface area contributed by atoms with Crippen LogP contribution in [0, 0.1) is 0 Å². The average Bonchev–Trinajstić information content (AvgIpc) is 3.62. The predicted octanol–water partition coefficient (Wildman–Crippen LogP) is 7.24. The zero-order chi connectivity index (χ0) is 26.2. The molecule has 0 radical (unpaired) electrons. The smallest absolute Gasteiger partial charge is 0.135 e. The van der Waals surface area contributed by atoms with Crippen molar-refractivity contribution in [2.24, 2.45) is 0 Å². The molecule has 0 saturated carbocycles. The van der Waals surface area contributed by atoms with Crippen LogP contribution in [0.3, 0.4) is 0 Å². The molecule has 6 aromatic rings. The van der Waals surface area contributed by atoms with Crippen molar-refractivity contribution in [1.82, 2.24) is 25.1 Å². The molecule has 0 bridgehead atoms. The molecule has 7 nitrogen and oxygen atoms in total. The number of piperidine rings is 1. The predicted molar refractivity (Wildman–Crippen MR) is 160 cm³/mol. The number of fused-ring (bicyclic) bond motifs is 2. The molecular weight excluding hydrogens is 482 g/mol. The summed E-state index contributed by atoms with van der Waals surface area (Å²) < 4.78 is 0. The van der Waals surface area contributed by atoms with Gasteiger partial charge in [0.05, 0.1) is 28.8 Å². The Labute approximate surface area is 226 Å². The number of nitrogens with zero attached hydrogens (tertiary/aromatic N) is 4. The lowest BCUT2D eigenvalue weighted by Gasteiger charge is -2.29. The lowest BCUT2D eigenvalue weighted by atomic mass is 10.1. The van der Waals surface area contributed by atoms with Gasteiger partial charge in [-0.2, -0.15) is 5.10 Å². The first-order chi connectivity index (χ1) is 19.2. The van der Waals surface area contributed by atoms with E-state index in [0.29, 0.717) is 0 Å². The molecule has 2 aromatic carbocycles. The summed E-state index contributed by atoms with van der Waals surface area (Å²) in [5, 5.41) is 12.4. The van der Waals surface area contributed by atoms with Crippen LogP contribution >= 0.6 is 0 Å². The molecule has 1 aliphatic heterocycles. The van der Waals surface area contributed by atoms with Crippen molar-refractivity contribution in [2.45, 2.75) is 19.3 Å². The Morgan fingerprint density at radius 3 is 2.62 bits per heavy atom. The maximum atomic E-state index is 5.03. The normalized spacial score (nSPS) is 13.7. The number of benzene rings is 2. The Morgan fingerprint density at radius 2 is 1.74 bits per heavy atom. The number of aromatic nitrogens is 5. The van der Waals surface area contributed by atoms with E-state index in [1.807, 2.05) is 54.7 Å². The van der Waals surface area contributed by atoms with Gasteiger partial charge in [0.15, 0.2) is 0 Å². The molecule has 1 saturated heterocycles. The quantitative estimate of drug-likeness (QED) is 0.219. The molecule has 0 unspecified atom stereocenters. The fourth-order valence-electron chi connectivity index (χ4n) is 5.46. The largest absolute Gasteiger partial charge is 0.371 e. The van der Waals surface area contributed by atoms with E-state index in [0.717, 1.165) is 69.2 Å². The highest BCUT2D eigenvalue weighted by atomic mass is 15.1. The number of nitrogens with one attached hydrogen (secondary N) is 3. The van der Waals surface area contributed by atoms with Crippen LogP contribution in [-0.2, 0) is 0 Å². The third-order valence-electron chi connectivity index (χ3n) is 7.45. The van der Waals surface area contributed by atoms with E-state index in [2.05, 4.69) is 61.2 Å². The Kier molecular flexibility index (Phi) is 5.81. The maximum Gasteiger partial charge on any atom is 0.135 e. The van der Waals surface area contributed by atoms with E-state index < -0.39 is 0 Å². The highest BCUT2D eigenvalue weighted by molar-refractivity contribution is 5.99. The van der Waals surface area contributed by atoms with Crippen LogP contribution in [0.15, 0.2) is 91.8 Å². The third kappa shape index (κ3) is 4.42. The van der Waals surface area contributed by atoms with Crippen molar-refractivity contribution in [1.29, 1.82) is 0 Å². The number of hydrogen-bond donors (Lipinski definition) is 3. The number of H-pyrrole nitrogens is 2. The van der Waals surface area contributed by atoms with Gasteiger partial charge in [-0.1, -0.05) is 43.0 Å². The van der Waals surface area contributed by atoms with Crippen molar-refractivity contribution in [3.05, 3.63) is 97.3 Å². The van der Waals surface area contributed by atoms with Gasteiger partial charge in [0, 0.05) is 47.1 Å². The number of aromatic amines is 2. The second kappa shape index (κ2) is 9.76. The van der Waals surface area contributed by atoms with Crippen molar-refractivity contribution in [2.75, 3.05) is 23.3 Å². The molecule has 7 rings (SSSR count). The Balaban J connectivity index is 1.22. The summed E-state index contributed by atoms with van der Waals surface area (Å²) in [5.41, 5.74) is 10.3. The molecule has 0 aliphatic carbocycles. The molecule has 0 spiro atoms. The summed E-state index contributed by atoms with van der Waals surface area (Å²) in [7, 11) is 0. The molecule has 5 heterocycles. The van der Waals surface area contributed by atoms with Gasteiger partial charge in [0.2, 0.25) is 0 Å². The minimum atomic E-state index is 0.812. The van der Waals surface area contributed by atoms with E-state index in [-0.39, 0.29) is 0 Å². The topological polar surface area (TPSA) is 85.5 Å². The number of pyridine rings is 2. The molecule has 3 N–H and O–H groups in total. The van der Waals surface area contributed by atoms with Crippen molar-refractivity contribution in [3.8, 4) is 22.6 Å². The summed E-state index contributed by atoms with van der Waals surface area (Å²) in [6.07, 6.45) is 7.43. The van der Waals surface area contributed by atoms with Crippen LogP contribution in [0.1, 0.15) is 24.8 Å². The summed E-state index contributed by atoms with van der Waals surface area (Å²) in [6, 6.07) is 24.8. The van der Waals surface area contributed by atoms with E-state index in [4.69, 9.17) is 4.98 Å². The first-order valence-electron chi connectivity index (χ1n) is 13.4. The molecule has 1 fully saturated rings. The van der Waals surface area contributed by atoms with E-state index in [9.17, 15) is 0 Å². The second-order valence-corrected chi connectivity index (χ2v) is 10.1. The lowest BCUT2D eigenvalue weighted by molar-refractivity contribution is 0.579. The summed E-state index contributed by atoms with van der Waals surface area (Å²) >= 11 is 0. The fraction of sp³-hybridized carbons (Fsp3) is 0.156. The zero-order valence-electron chi connectivity index (χ0n) is 21.6. The van der Waals surface area contributed by atoms with Crippen LogP contribution in [0.25, 0.3) is 50.3 Å². The Hall–Kier alpha value is -4.91. The van der Waals surface area contributed by atoms with Crippen LogP contribution in [0.2, 0.25) is 0 Å². The van der Waals surface area contributed by atoms with Gasteiger partial charge in [0.1, 0.15) is 11.2 Å². The molecule has 39 heavy (non-hydrogen) atoms. The van der Waals surface area contributed by atoms with Gasteiger partial charge in [-0.05, 0) is 61.2 Å². The van der Waals surface area contributed by atoms with Crippen LogP contribution in [0.5, 0.6) is 0 Å². The third-order valence-corrected chi connectivity index (χ3v) is 7.45. The van der Waals surface area contributed by atoms with E-state index in [1.165, 1.54) is 30.3 Å². The van der Waals surface area contributed by atoms with E-state index in [1.54, 1.807) is 6.20 Å². The van der Waals surface area contributed by atoms with Crippen LogP contribution in [0.4, 0.5) is 11.4 Å². The van der Waals surface area contributed by atoms with Gasteiger partial charge in [0.25, 0.3) is 0 Å². The minimum Gasteiger partial charge on any atom is -0.371 e. The second-order valence-electron chi connectivity index (χ2n) is 10.1. The van der Waals surface area contributed by atoms with Gasteiger partial charge in [-0.3, -0.25) is 10.1 Å². The number of anilines is 2. The highest BCUT2D eigenvalue weighted by Gasteiger charge is 2.18. The standard InChI is InChI=1S/C32H29N7/c1-21(22-9-4-2-5-10-22)34-24-17-23(19-33-20-24)26-13-14-28-31(36-26)32(38-37-28)29-18-25-27(35-29)11-8-12-30(25)39-15-6-3-7-16-39/h2,4-5,8-14,17-20,34-35H,1,3,6-7,15-16H2,(H,37,38). The molecule has 4 aromatic heterocycles. The monoisotopic (exact) mass is 511 g/mol.